The van der Waals surface area contributed by atoms with Crippen LogP contribution in [-0.4, -0.2) is 25.1 Å². The number of nitrogens with zero attached hydrogens (tertiary/aromatic N) is 4. The summed E-state index contributed by atoms with van der Waals surface area (Å²) in [5.41, 5.74) is 1.26. The molecule has 0 saturated heterocycles. The van der Waals surface area contributed by atoms with E-state index in [2.05, 4.69) is 31.3 Å². The number of amides is 1. The lowest BCUT2D eigenvalue weighted by atomic mass is 9.87. The zero-order valence-electron chi connectivity index (χ0n) is 12.2. The Morgan fingerprint density at radius 1 is 1.35 bits per heavy atom. The van der Waals surface area contributed by atoms with Crippen LogP contribution in [0.2, 0.25) is 0 Å². The summed E-state index contributed by atoms with van der Waals surface area (Å²) in [7, 11) is 1.65. The highest BCUT2D eigenvalue weighted by Crippen LogP contribution is 2.35. The van der Waals surface area contributed by atoms with Crippen LogP contribution in [0.15, 0.2) is 39.9 Å². The van der Waals surface area contributed by atoms with Gasteiger partial charge in [-0.1, -0.05) is 28.1 Å². The molecule has 0 aliphatic carbocycles. The minimum atomic E-state index is -0.316. The zero-order valence-corrected chi connectivity index (χ0v) is 13.7. The van der Waals surface area contributed by atoms with Crippen LogP contribution in [-0.2, 0) is 11.8 Å². The Morgan fingerprint density at radius 2 is 2.17 bits per heavy atom. The molecule has 1 aliphatic heterocycles. The molecule has 1 amide bonds. The van der Waals surface area contributed by atoms with E-state index in [0.717, 1.165) is 10.0 Å². The van der Waals surface area contributed by atoms with Crippen molar-refractivity contribution in [2.75, 3.05) is 5.32 Å². The van der Waals surface area contributed by atoms with Gasteiger partial charge in [-0.3, -0.25) is 14.2 Å². The van der Waals surface area contributed by atoms with Crippen LogP contribution >= 0.6 is 15.9 Å². The van der Waals surface area contributed by atoms with E-state index in [4.69, 9.17) is 0 Å². The number of anilines is 1. The smallest absolute Gasteiger partial charge is 0.260 e. The number of fused-ring (bicyclic) bond motifs is 3. The molecule has 8 heteroatoms. The van der Waals surface area contributed by atoms with Gasteiger partial charge < -0.3 is 5.32 Å². The fraction of sp³-hybridized carbons (Fsp3) is 0.200. The van der Waals surface area contributed by atoms with E-state index >= 15 is 0 Å². The Bertz CT molecular complexity index is 1010. The van der Waals surface area contributed by atoms with Crippen LogP contribution in [0.5, 0.6) is 0 Å². The first-order valence-electron chi connectivity index (χ1n) is 7.04. The van der Waals surface area contributed by atoms with Gasteiger partial charge in [-0.2, -0.15) is 14.6 Å². The van der Waals surface area contributed by atoms with Crippen molar-refractivity contribution < 1.29 is 4.79 Å². The maximum atomic E-state index is 12.8. The first kappa shape index (κ1) is 14.1. The van der Waals surface area contributed by atoms with Crippen molar-refractivity contribution in [1.82, 2.24) is 19.2 Å². The summed E-state index contributed by atoms with van der Waals surface area (Å²) in [6, 6.07) is 7.65. The summed E-state index contributed by atoms with van der Waals surface area (Å²) >= 11 is 3.44. The number of nitrogens with one attached hydrogen (secondary N) is 1. The van der Waals surface area contributed by atoms with Crippen molar-refractivity contribution >= 4 is 33.4 Å². The molecule has 0 saturated carbocycles. The van der Waals surface area contributed by atoms with E-state index in [1.807, 2.05) is 24.3 Å². The van der Waals surface area contributed by atoms with Crippen molar-refractivity contribution in [3.05, 3.63) is 56.5 Å². The molecule has 4 rings (SSSR count). The minimum Gasteiger partial charge on any atom is -0.310 e. The lowest BCUT2D eigenvalue weighted by Gasteiger charge is -2.26. The largest absolute Gasteiger partial charge is 0.310 e. The molecule has 0 spiro atoms. The van der Waals surface area contributed by atoms with Crippen molar-refractivity contribution in [3.8, 4) is 0 Å². The highest BCUT2D eigenvalue weighted by Gasteiger charge is 2.32. The Labute approximate surface area is 139 Å². The molecular weight excluding hydrogens is 362 g/mol. The van der Waals surface area contributed by atoms with E-state index in [0.29, 0.717) is 17.2 Å². The first-order chi connectivity index (χ1) is 11.1. The monoisotopic (exact) mass is 373 g/mol. The quantitative estimate of drug-likeness (QED) is 0.703. The van der Waals surface area contributed by atoms with Crippen LogP contribution in [0.3, 0.4) is 0 Å². The Hall–Kier alpha value is -2.48. The summed E-state index contributed by atoms with van der Waals surface area (Å²) in [6.07, 6.45) is 1.59. The standard InChI is InChI=1S/C15H12BrN5O2/c1-20-14(23)12-10(8-3-2-4-9(16)5-8)6-11(22)19-13(12)21-15(20)17-7-18-21/h2-5,7,10H,6H2,1H3,(H,19,22)/t10-/m1/s1. The Kier molecular flexibility index (Phi) is 3.08. The molecule has 2 aromatic heterocycles. The predicted molar refractivity (Wildman–Crippen MR) is 87.5 cm³/mol. The van der Waals surface area contributed by atoms with Gasteiger partial charge in [0.15, 0.2) is 0 Å². The molecule has 3 heterocycles. The van der Waals surface area contributed by atoms with Gasteiger partial charge in [-0.25, -0.2) is 0 Å². The molecule has 0 fully saturated rings. The van der Waals surface area contributed by atoms with Gasteiger partial charge in [-0.05, 0) is 17.7 Å². The number of aromatic nitrogens is 4. The molecule has 116 valence electrons. The van der Waals surface area contributed by atoms with Gasteiger partial charge in [0, 0.05) is 23.9 Å². The first-order valence-corrected chi connectivity index (χ1v) is 7.83. The van der Waals surface area contributed by atoms with E-state index in [9.17, 15) is 9.59 Å². The third-order valence-electron chi connectivity index (χ3n) is 4.08. The number of hydrogen-bond acceptors (Lipinski definition) is 4. The number of carbonyl (C=O) groups excluding carboxylic acids is 1. The van der Waals surface area contributed by atoms with Crippen molar-refractivity contribution in [1.29, 1.82) is 0 Å². The zero-order chi connectivity index (χ0) is 16.1. The van der Waals surface area contributed by atoms with Crippen molar-refractivity contribution in [3.63, 3.8) is 0 Å². The molecule has 0 radical (unpaired) electrons. The summed E-state index contributed by atoms with van der Waals surface area (Å²) < 4.78 is 3.86. The number of aryl methyl sites for hydroxylation is 1. The van der Waals surface area contributed by atoms with Gasteiger partial charge in [0.25, 0.3) is 5.56 Å². The fourth-order valence-electron chi connectivity index (χ4n) is 3.02. The molecule has 0 unspecified atom stereocenters. The van der Waals surface area contributed by atoms with Crippen LogP contribution < -0.4 is 10.9 Å². The van der Waals surface area contributed by atoms with Crippen molar-refractivity contribution in [2.45, 2.75) is 12.3 Å². The SMILES string of the molecule is Cn1c(=O)c2c(n3ncnc13)NC(=O)C[C@@H]2c1cccc(Br)c1. The number of hydrogen-bond donors (Lipinski definition) is 1. The summed E-state index contributed by atoms with van der Waals surface area (Å²) in [6.45, 7) is 0. The molecule has 1 aliphatic rings. The molecule has 1 N–H and O–H groups in total. The van der Waals surface area contributed by atoms with Crippen LogP contribution in [0.4, 0.5) is 5.82 Å². The Balaban J connectivity index is 2.05. The maximum absolute atomic E-state index is 12.8. The summed E-state index contributed by atoms with van der Waals surface area (Å²) in [4.78, 5) is 29.1. The van der Waals surface area contributed by atoms with E-state index in [1.165, 1.54) is 15.4 Å². The molecule has 3 aromatic rings. The normalized spacial score (nSPS) is 17.1. The van der Waals surface area contributed by atoms with Gasteiger partial charge in [-0.15, -0.1) is 0 Å². The van der Waals surface area contributed by atoms with E-state index < -0.39 is 0 Å². The average Bonchev–Trinajstić information content (AvgIpc) is 3.01. The second kappa shape index (κ2) is 5.02. The van der Waals surface area contributed by atoms with Crippen molar-refractivity contribution in [2.24, 2.45) is 7.05 Å². The van der Waals surface area contributed by atoms with Gasteiger partial charge in [0.2, 0.25) is 11.7 Å². The van der Waals surface area contributed by atoms with Crippen LogP contribution in [0, 0.1) is 0 Å². The molecule has 1 atom stereocenters. The van der Waals surface area contributed by atoms with E-state index in [1.54, 1.807) is 7.05 Å². The number of rotatable bonds is 1. The lowest BCUT2D eigenvalue weighted by molar-refractivity contribution is -0.116. The number of carbonyl (C=O) groups is 1. The fourth-order valence-corrected chi connectivity index (χ4v) is 3.44. The summed E-state index contributed by atoms with van der Waals surface area (Å²) in [5, 5.41) is 6.90. The molecule has 1 aromatic carbocycles. The lowest BCUT2D eigenvalue weighted by Crippen LogP contribution is -2.35. The maximum Gasteiger partial charge on any atom is 0.260 e. The summed E-state index contributed by atoms with van der Waals surface area (Å²) in [5.74, 6) is 0.335. The highest BCUT2D eigenvalue weighted by atomic mass is 79.9. The molecule has 0 bridgehead atoms. The van der Waals surface area contributed by atoms with Gasteiger partial charge >= 0.3 is 0 Å². The average molecular weight is 374 g/mol. The Morgan fingerprint density at radius 3 is 2.96 bits per heavy atom. The van der Waals surface area contributed by atoms with Crippen LogP contribution in [0.25, 0.3) is 5.78 Å². The van der Waals surface area contributed by atoms with Gasteiger partial charge in [0.1, 0.15) is 12.1 Å². The predicted octanol–water partition coefficient (Wildman–Crippen LogP) is 1.66. The highest BCUT2D eigenvalue weighted by molar-refractivity contribution is 9.10. The second-order valence-corrected chi connectivity index (χ2v) is 6.37. The number of benzene rings is 1. The molecule has 7 nitrogen and oxygen atoms in total. The minimum absolute atomic E-state index is 0.146. The molecule has 23 heavy (non-hydrogen) atoms. The third kappa shape index (κ3) is 2.09. The molecular formula is C15H12BrN5O2. The topological polar surface area (TPSA) is 81.3 Å². The second-order valence-electron chi connectivity index (χ2n) is 5.46. The third-order valence-corrected chi connectivity index (χ3v) is 4.57. The van der Waals surface area contributed by atoms with Crippen LogP contribution in [0.1, 0.15) is 23.5 Å². The van der Waals surface area contributed by atoms with Gasteiger partial charge in [0.05, 0.1) is 5.56 Å². The van der Waals surface area contributed by atoms with E-state index in [-0.39, 0.29) is 23.8 Å². The number of halogens is 1.